The second-order valence-corrected chi connectivity index (χ2v) is 10.1. The van der Waals surface area contributed by atoms with E-state index in [9.17, 15) is 18.0 Å². The molecule has 0 unspecified atom stereocenters. The molecule has 180 valence electrons. The van der Waals surface area contributed by atoms with Crippen LogP contribution in [0.2, 0.25) is 0 Å². The van der Waals surface area contributed by atoms with Gasteiger partial charge in [-0.15, -0.1) is 0 Å². The summed E-state index contributed by atoms with van der Waals surface area (Å²) in [4.78, 5) is 25.7. The molecule has 3 rings (SSSR count). The van der Waals surface area contributed by atoms with E-state index in [1.54, 1.807) is 11.9 Å². The summed E-state index contributed by atoms with van der Waals surface area (Å²) in [6.07, 6.45) is 0.0191. The van der Waals surface area contributed by atoms with Crippen LogP contribution in [0.4, 0.5) is 0 Å². The topological polar surface area (TPSA) is 101 Å². The highest BCUT2D eigenvalue weighted by molar-refractivity contribution is 7.89. The van der Waals surface area contributed by atoms with E-state index in [2.05, 4.69) is 9.82 Å². The molecule has 9 heteroatoms. The molecule has 0 bridgehead atoms. The Labute approximate surface area is 200 Å². The zero-order chi connectivity index (χ0) is 25.0. The molecular weight excluding hydrogens is 452 g/mol. The first-order valence-electron chi connectivity index (χ1n) is 11.0. The van der Waals surface area contributed by atoms with Crippen LogP contribution in [-0.4, -0.2) is 48.4 Å². The number of rotatable bonds is 9. The predicted octanol–water partition coefficient (Wildman–Crippen LogP) is 3.33. The maximum absolute atomic E-state index is 12.7. The Kier molecular flexibility index (Phi) is 7.68. The molecule has 0 aliphatic carbocycles. The second-order valence-electron chi connectivity index (χ2n) is 8.33. The SMILES string of the molecule is CC(=O)c1ccc(S(=O)(=O)NCCC(=O)N(C)Cc2c(C)nn(-c3ccccc3C)c2C)cc1. The lowest BCUT2D eigenvalue weighted by atomic mass is 10.1. The van der Waals surface area contributed by atoms with Gasteiger partial charge in [-0.3, -0.25) is 9.59 Å². The van der Waals surface area contributed by atoms with Gasteiger partial charge in [-0.1, -0.05) is 30.3 Å². The maximum Gasteiger partial charge on any atom is 0.240 e. The highest BCUT2D eigenvalue weighted by Crippen LogP contribution is 2.21. The fraction of sp³-hybridized carbons (Fsp3) is 0.320. The molecule has 1 N–H and O–H groups in total. The summed E-state index contributed by atoms with van der Waals surface area (Å²) in [6.45, 7) is 7.69. The minimum atomic E-state index is -3.77. The number of para-hydroxylation sites is 1. The van der Waals surface area contributed by atoms with Crippen molar-refractivity contribution in [1.29, 1.82) is 0 Å². The molecule has 1 aromatic heterocycles. The number of ketones is 1. The minimum Gasteiger partial charge on any atom is -0.341 e. The van der Waals surface area contributed by atoms with Gasteiger partial charge in [0.05, 0.1) is 16.3 Å². The first kappa shape index (κ1) is 25.3. The van der Waals surface area contributed by atoms with Gasteiger partial charge in [0.15, 0.2) is 5.78 Å². The molecule has 1 amide bonds. The van der Waals surface area contributed by atoms with Gasteiger partial charge in [0, 0.05) is 43.4 Å². The van der Waals surface area contributed by atoms with Crippen molar-refractivity contribution < 1.29 is 18.0 Å². The molecule has 3 aromatic rings. The van der Waals surface area contributed by atoms with Crippen LogP contribution in [0.25, 0.3) is 5.69 Å². The Hall–Kier alpha value is -3.30. The largest absolute Gasteiger partial charge is 0.341 e. The summed E-state index contributed by atoms with van der Waals surface area (Å²) in [5.41, 5.74) is 5.30. The molecule has 0 fully saturated rings. The normalized spacial score (nSPS) is 11.4. The maximum atomic E-state index is 12.7. The van der Waals surface area contributed by atoms with Crippen LogP contribution in [-0.2, 0) is 21.4 Å². The fourth-order valence-electron chi connectivity index (χ4n) is 3.70. The minimum absolute atomic E-state index is 0.0191. The number of amides is 1. The average Bonchev–Trinajstić information content (AvgIpc) is 3.07. The summed E-state index contributed by atoms with van der Waals surface area (Å²) in [7, 11) is -2.08. The van der Waals surface area contributed by atoms with E-state index in [-0.39, 0.29) is 29.6 Å². The molecule has 1 heterocycles. The summed E-state index contributed by atoms with van der Waals surface area (Å²) in [5, 5.41) is 4.66. The van der Waals surface area contributed by atoms with E-state index >= 15 is 0 Å². The number of Topliss-reactive ketones (excluding diaryl/α,β-unsaturated/α-hetero) is 1. The van der Waals surface area contributed by atoms with Crippen molar-refractivity contribution in [3.63, 3.8) is 0 Å². The first-order valence-corrected chi connectivity index (χ1v) is 12.5. The number of benzene rings is 2. The number of aryl methyl sites for hydroxylation is 2. The summed E-state index contributed by atoms with van der Waals surface area (Å²) in [5.74, 6) is -0.322. The zero-order valence-corrected chi connectivity index (χ0v) is 20.9. The van der Waals surface area contributed by atoms with Crippen LogP contribution in [0.5, 0.6) is 0 Å². The van der Waals surface area contributed by atoms with Gasteiger partial charge in [-0.25, -0.2) is 17.8 Å². The smallest absolute Gasteiger partial charge is 0.240 e. The number of nitrogens with one attached hydrogen (secondary N) is 1. The van der Waals surface area contributed by atoms with Crippen molar-refractivity contribution in [2.24, 2.45) is 0 Å². The van der Waals surface area contributed by atoms with Gasteiger partial charge in [0.1, 0.15) is 0 Å². The molecule has 8 nitrogen and oxygen atoms in total. The molecule has 0 saturated heterocycles. The van der Waals surface area contributed by atoms with Crippen LogP contribution in [0.15, 0.2) is 53.4 Å². The lowest BCUT2D eigenvalue weighted by Gasteiger charge is -2.18. The Balaban J connectivity index is 1.61. The first-order chi connectivity index (χ1) is 16.0. The second kappa shape index (κ2) is 10.3. The fourth-order valence-corrected chi connectivity index (χ4v) is 4.73. The Morgan fingerprint density at radius 2 is 1.68 bits per heavy atom. The van der Waals surface area contributed by atoms with E-state index < -0.39 is 10.0 Å². The highest BCUT2D eigenvalue weighted by atomic mass is 32.2. The number of sulfonamides is 1. The van der Waals surface area contributed by atoms with Crippen molar-refractivity contribution in [2.45, 2.75) is 45.6 Å². The third-order valence-corrected chi connectivity index (χ3v) is 7.28. The van der Waals surface area contributed by atoms with Crippen molar-refractivity contribution in [2.75, 3.05) is 13.6 Å². The molecule has 0 aliphatic rings. The van der Waals surface area contributed by atoms with Crippen LogP contribution < -0.4 is 4.72 Å². The summed E-state index contributed by atoms with van der Waals surface area (Å²) in [6, 6.07) is 13.7. The monoisotopic (exact) mass is 482 g/mol. The number of carbonyl (C=O) groups is 2. The van der Waals surface area contributed by atoms with Crippen LogP contribution in [0.3, 0.4) is 0 Å². The van der Waals surface area contributed by atoms with Gasteiger partial charge in [-0.05, 0) is 51.5 Å². The van der Waals surface area contributed by atoms with Crippen LogP contribution in [0.1, 0.15) is 46.2 Å². The van der Waals surface area contributed by atoms with E-state index in [1.165, 1.54) is 31.2 Å². The summed E-state index contributed by atoms with van der Waals surface area (Å²) >= 11 is 0. The number of aromatic nitrogens is 2. The van der Waals surface area contributed by atoms with Crippen LogP contribution >= 0.6 is 0 Å². The van der Waals surface area contributed by atoms with E-state index in [1.807, 2.05) is 49.7 Å². The van der Waals surface area contributed by atoms with Crippen molar-refractivity contribution in [3.05, 3.63) is 76.6 Å². The lowest BCUT2D eigenvalue weighted by molar-refractivity contribution is -0.130. The molecule has 2 aromatic carbocycles. The van der Waals surface area contributed by atoms with Crippen molar-refractivity contribution in [3.8, 4) is 5.69 Å². The third-order valence-electron chi connectivity index (χ3n) is 5.81. The van der Waals surface area contributed by atoms with E-state index in [4.69, 9.17) is 0 Å². The molecule has 0 spiro atoms. The molecular formula is C25H30N4O4S. The number of hydrogen-bond acceptors (Lipinski definition) is 5. The van der Waals surface area contributed by atoms with Gasteiger partial charge < -0.3 is 4.90 Å². The van der Waals surface area contributed by atoms with Gasteiger partial charge >= 0.3 is 0 Å². The Morgan fingerprint density at radius 3 is 2.29 bits per heavy atom. The average molecular weight is 483 g/mol. The number of carbonyl (C=O) groups excluding carboxylic acids is 2. The van der Waals surface area contributed by atoms with Gasteiger partial charge in [0.2, 0.25) is 15.9 Å². The Bertz CT molecular complexity index is 1310. The number of hydrogen-bond donors (Lipinski definition) is 1. The molecule has 0 saturated carbocycles. The predicted molar refractivity (Wildman–Crippen MR) is 131 cm³/mol. The third kappa shape index (κ3) is 5.60. The standard InChI is InChI=1S/C25H30N4O4S/c1-17-8-6-7-9-24(17)29-19(3)23(18(2)27-29)16-28(5)25(31)14-15-26-34(32,33)22-12-10-21(11-13-22)20(4)30/h6-13,26H,14-16H2,1-5H3. The Morgan fingerprint density at radius 1 is 1.03 bits per heavy atom. The lowest BCUT2D eigenvalue weighted by Crippen LogP contribution is -2.32. The zero-order valence-electron chi connectivity index (χ0n) is 20.1. The van der Waals surface area contributed by atoms with Gasteiger partial charge in [-0.2, -0.15) is 5.10 Å². The van der Waals surface area contributed by atoms with Crippen molar-refractivity contribution in [1.82, 2.24) is 19.4 Å². The quantitative estimate of drug-likeness (QED) is 0.472. The van der Waals surface area contributed by atoms with Crippen molar-refractivity contribution >= 4 is 21.7 Å². The number of nitrogens with zero attached hydrogens (tertiary/aromatic N) is 3. The van der Waals surface area contributed by atoms with Gasteiger partial charge in [0.25, 0.3) is 0 Å². The molecule has 0 atom stereocenters. The molecule has 0 radical (unpaired) electrons. The molecule has 0 aliphatic heterocycles. The van der Waals surface area contributed by atoms with E-state index in [0.717, 1.165) is 28.2 Å². The summed E-state index contributed by atoms with van der Waals surface area (Å²) < 4.78 is 29.3. The van der Waals surface area contributed by atoms with Crippen LogP contribution in [0, 0.1) is 20.8 Å². The molecule has 34 heavy (non-hydrogen) atoms. The van der Waals surface area contributed by atoms with E-state index in [0.29, 0.717) is 12.1 Å². The highest BCUT2D eigenvalue weighted by Gasteiger charge is 2.19.